The second-order valence-corrected chi connectivity index (χ2v) is 22.8. The summed E-state index contributed by atoms with van der Waals surface area (Å²) in [7, 11) is 0. The van der Waals surface area contributed by atoms with Gasteiger partial charge in [-0.1, -0.05) is 140 Å². The van der Waals surface area contributed by atoms with E-state index in [1.54, 1.807) is 5.56 Å². The van der Waals surface area contributed by atoms with Crippen LogP contribution in [-0.2, 0) is 16.2 Å². The fourth-order valence-corrected chi connectivity index (χ4v) is 13.6. The summed E-state index contributed by atoms with van der Waals surface area (Å²) in [5.41, 5.74) is 20.0. The molecule has 0 spiro atoms. The summed E-state index contributed by atoms with van der Waals surface area (Å²) < 4.78 is 2.71. The molecular weight excluding hydrogens is 794 g/mol. The Morgan fingerprint density at radius 1 is 0.578 bits per heavy atom. The average Bonchev–Trinajstić information content (AvgIpc) is 3.76. The van der Waals surface area contributed by atoms with Crippen LogP contribution in [-0.4, -0.2) is 12.3 Å². The van der Waals surface area contributed by atoms with Crippen molar-refractivity contribution in [1.29, 1.82) is 0 Å². The molecule has 1 saturated carbocycles. The van der Waals surface area contributed by atoms with E-state index in [0.29, 0.717) is 0 Å². The average molecular weight is 852 g/mol. The first kappa shape index (κ1) is 39.8. The zero-order chi connectivity index (χ0) is 44.1. The molecule has 8 aromatic rings. The number of thiophene rings is 1. The van der Waals surface area contributed by atoms with Gasteiger partial charge in [0.1, 0.15) is 0 Å². The highest BCUT2D eigenvalue weighted by Crippen LogP contribution is 2.63. The van der Waals surface area contributed by atoms with Gasteiger partial charge in [-0.3, -0.25) is 0 Å². The minimum Gasteiger partial charge on any atom is -0.335 e. The van der Waals surface area contributed by atoms with Gasteiger partial charge in [0.05, 0.1) is 11.2 Å². The first-order chi connectivity index (χ1) is 30.7. The van der Waals surface area contributed by atoms with Crippen molar-refractivity contribution in [2.24, 2.45) is 0 Å². The molecule has 2 unspecified atom stereocenters. The van der Waals surface area contributed by atoms with Crippen LogP contribution in [0.2, 0.25) is 0 Å². The fourth-order valence-electron chi connectivity index (χ4n) is 12.4. The van der Waals surface area contributed by atoms with Crippen molar-refractivity contribution in [3.05, 3.63) is 162 Å². The van der Waals surface area contributed by atoms with Crippen LogP contribution in [0, 0.1) is 6.92 Å². The Hall–Kier alpha value is -5.78. The number of benzene rings is 7. The van der Waals surface area contributed by atoms with Crippen LogP contribution < -0.4 is 31.1 Å². The smallest absolute Gasteiger partial charge is 0.253 e. The van der Waals surface area contributed by atoms with Gasteiger partial charge in [-0.25, -0.2) is 0 Å². The van der Waals surface area contributed by atoms with E-state index in [-0.39, 0.29) is 28.5 Å². The van der Waals surface area contributed by atoms with Crippen molar-refractivity contribution in [2.75, 3.05) is 14.7 Å². The summed E-state index contributed by atoms with van der Waals surface area (Å²) in [6.45, 7) is 21.8. The van der Waals surface area contributed by atoms with Gasteiger partial charge >= 0.3 is 0 Å². The van der Waals surface area contributed by atoms with Gasteiger partial charge in [0.15, 0.2) is 0 Å². The van der Waals surface area contributed by atoms with Crippen LogP contribution in [0.3, 0.4) is 0 Å². The van der Waals surface area contributed by atoms with E-state index in [0.717, 1.165) is 17.8 Å². The molecule has 4 aliphatic rings. The fraction of sp³-hybridized carbons (Fsp3) is 0.288. The van der Waals surface area contributed by atoms with Crippen LogP contribution in [0.25, 0.3) is 20.2 Å². The van der Waals surface area contributed by atoms with Crippen molar-refractivity contribution in [3.63, 3.8) is 0 Å². The summed E-state index contributed by atoms with van der Waals surface area (Å²) in [6.07, 6.45) is 4.83. The lowest BCUT2D eigenvalue weighted by molar-refractivity contribution is 0.195. The third kappa shape index (κ3) is 5.46. The molecule has 1 aliphatic carbocycles. The maximum Gasteiger partial charge on any atom is 0.253 e. The molecule has 2 atom stereocenters. The molecule has 5 heteroatoms. The van der Waals surface area contributed by atoms with Gasteiger partial charge in [-0.05, 0) is 148 Å². The molecule has 0 radical (unpaired) electrons. The van der Waals surface area contributed by atoms with Crippen LogP contribution >= 0.6 is 11.3 Å². The molecule has 7 aromatic carbocycles. The highest BCUT2D eigenvalue weighted by molar-refractivity contribution is 7.26. The maximum absolute atomic E-state index is 2.90. The van der Waals surface area contributed by atoms with E-state index in [4.69, 9.17) is 0 Å². The molecule has 64 heavy (non-hydrogen) atoms. The van der Waals surface area contributed by atoms with E-state index in [9.17, 15) is 0 Å². The van der Waals surface area contributed by atoms with Crippen molar-refractivity contribution in [1.82, 2.24) is 0 Å². The molecule has 1 aromatic heterocycles. The Kier molecular flexibility index (Phi) is 8.47. The standard InChI is InChI=1S/C59H58BN3S/c1-37-32-38(56(2,3)4)26-27-46(37)62-47-28-29-51-52(43-24-16-17-25-50(43)64-51)54(47)60-45-34-39(57(5,6)7)33-44-55(45)63(59(9)31-19-18-30-58(44,59)8)49-36-42(35-48(62)53(49)60)61(40-20-12-10-13-21-40)41-22-14-11-15-23-41/h10-17,20-29,32-36H,18-19,30-31H2,1-9H3. The van der Waals surface area contributed by atoms with Crippen molar-refractivity contribution < 1.29 is 0 Å². The Labute approximate surface area is 384 Å². The van der Waals surface area contributed by atoms with E-state index >= 15 is 0 Å². The van der Waals surface area contributed by atoms with E-state index < -0.39 is 0 Å². The number of aryl methyl sites for hydroxylation is 1. The normalized spacial score (nSPS) is 19.7. The summed E-state index contributed by atoms with van der Waals surface area (Å²) in [5.74, 6) is 0. The molecule has 3 nitrogen and oxygen atoms in total. The van der Waals surface area contributed by atoms with Crippen molar-refractivity contribution in [2.45, 2.75) is 110 Å². The van der Waals surface area contributed by atoms with Crippen molar-refractivity contribution >= 4 is 100 Å². The van der Waals surface area contributed by atoms with Gasteiger partial charge in [-0.15, -0.1) is 11.3 Å². The highest BCUT2D eigenvalue weighted by Gasteiger charge is 2.62. The van der Waals surface area contributed by atoms with Gasteiger partial charge in [0.2, 0.25) is 0 Å². The molecule has 12 rings (SSSR count). The molecular formula is C59H58BN3S. The largest absolute Gasteiger partial charge is 0.335 e. The first-order valence-electron chi connectivity index (χ1n) is 23.6. The summed E-state index contributed by atoms with van der Waals surface area (Å²) in [4.78, 5) is 8.07. The first-order valence-corrected chi connectivity index (χ1v) is 24.4. The topological polar surface area (TPSA) is 9.72 Å². The number of nitrogens with zero attached hydrogens (tertiary/aromatic N) is 3. The van der Waals surface area contributed by atoms with Crippen LogP contribution in [0.15, 0.2) is 140 Å². The summed E-state index contributed by atoms with van der Waals surface area (Å²) in [6, 6.07) is 53.7. The molecule has 0 N–H and O–H groups in total. The quantitative estimate of drug-likeness (QED) is 0.163. The number of hydrogen-bond acceptors (Lipinski definition) is 4. The number of hydrogen-bond donors (Lipinski definition) is 0. The van der Waals surface area contributed by atoms with E-state index in [2.05, 4.69) is 217 Å². The van der Waals surface area contributed by atoms with Crippen LogP contribution in [0.1, 0.15) is 103 Å². The maximum atomic E-state index is 2.90. The monoisotopic (exact) mass is 851 g/mol. The predicted octanol–water partition coefficient (Wildman–Crippen LogP) is 14.8. The zero-order valence-electron chi connectivity index (χ0n) is 38.9. The summed E-state index contributed by atoms with van der Waals surface area (Å²) >= 11 is 1.94. The third-order valence-electron chi connectivity index (χ3n) is 16.0. The number of para-hydroxylation sites is 2. The number of rotatable bonds is 4. The second kappa shape index (κ2) is 13.6. The minimum atomic E-state index is -0.114. The molecule has 318 valence electrons. The number of fused-ring (bicyclic) bond motifs is 11. The van der Waals surface area contributed by atoms with Gasteiger partial charge in [-0.2, -0.15) is 0 Å². The number of anilines is 8. The Bertz CT molecular complexity index is 3170. The molecule has 0 amide bonds. The molecule has 3 aliphatic heterocycles. The lowest BCUT2D eigenvalue weighted by atomic mass is 9.32. The van der Waals surface area contributed by atoms with Gasteiger partial charge < -0.3 is 14.7 Å². The SMILES string of the molecule is Cc1cc(C(C)(C)C)ccc1N1c2cc(N(c3ccccc3)c3ccccc3)cc3c2B(c2cc(C(C)(C)C)cc4c2N3C2(C)CCCCC42C)c2c1ccc1sc3ccccc3c21. The molecule has 0 saturated heterocycles. The third-order valence-corrected chi connectivity index (χ3v) is 17.1. The molecule has 4 heterocycles. The zero-order valence-corrected chi connectivity index (χ0v) is 39.8. The lowest BCUT2D eigenvalue weighted by Gasteiger charge is -2.53. The lowest BCUT2D eigenvalue weighted by Crippen LogP contribution is -2.64. The summed E-state index contributed by atoms with van der Waals surface area (Å²) in [5, 5.41) is 2.77. The van der Waals surface area contributed by atoms with Crippen LogP contribution in [0.4, 0.5) is 45.5 Å². The van der Waals surface area contributed by atoms with E-state index in [1.165, 1.54) is 107 Å². The van der Waals surface area contributed by atoms with Gasteiger partial charge in [0.25, 0.3) is 6.71 Å². The minimum absolute atomic E-state index is 0.0181. The van der Waals surface area contributed by atoms with Gasteiger partial charge in [0, 0.05) is 54.6 Å². The molecule has 0 bridgehead atoms. The van der Waals surface area contributed by atoms with Crippen LogP contribution in [0.5, 0.6) is 0 Å². The Morgan fingerprint density at radius 2 is 1.22 bits per heavy atom. The van der Waals surface area contributed by atoms with Crippen molar-refractivity contribution in [3.8, 4) is 0 Å². The highest BCUT2D eigenvalue weighted by atomic mass is 32.1. The Morgan fingerprint density at radius 3 is 1.91 bits per heavy atom. The Balaban J connectivity index is 1.27. The van der Waals surface area contributed by atoms with E-state index in [1.807, 2.05) is 11.3 Å². The second-order valence-electron chi connectivity index (χ2n) is 21.8. The predicted molar refractivity (Wildman–Crippen MR) is 278 cm³/mol. The molecule has 1 fully saturated rings.